The molecule has 1 aromatic rings. The molecule has 3 heteroatoms. The molecule has 1 aliphatic carbocycles. The minimum atomic E-state index is 0. The second-order valence-corrected chi connectivity index (χ2v) is 5.32. The summed E-state index contributed by atoms with van der Waals surface area (Å²) in [7, 11) is 1.79. The van der Waals surface area contributed by atoms with Gasteiger partial charge in [-0.15, -0.1) is 19.0 Å². The standard InChI is InChI=1S/C16H21NO.ClH/c1-3-10-17-11-9-13-14(17)8-7-12-5-4-6-15(18-2)16(12)13;/h3-6,13-14H,1,7-11H2,2H3;1H. The number of nitrogens with zero attached hydrogens (tertiary/aromatic N) is 1. The molecule has 0 spiro atoms. The fourth-order valence-corrected chi connectivity index (χ4v) is 3.74. The number of fused-ring (bicyclic) bond motifs is 3. The predicted molar refractivity (Wildman–Crippen MR) is 81.5 cm³/mol. The van der Waals surface area contributed by atoms with Gasteiger partial charge in [0.15, 0.2) is 0 Å². The number of methoxy groups -OCH3 is 1. The highest BCUT2D eigenvalue weighted by Gasteiger charge is 2.39. The average Bonchev–Trinajstić information content (AvgIpc) is 2.82. The SMILES string of the molecule is C=CCN1CCC2c3c(cccc3OC)CCC21.Cl. The van der Waals surface area contributed by atoms with Crippen molar-refractivity contribution in [2.75, 3.05) is 20.2 Å². The smallest absolute Gasteiger partial charge is 0.122 e. The summed E-state index contributed by atoms with van der Waals surface area (Å²) in [6, 6.07) is 7.18. The van der Waals surface area contributed by atoms with Gasteiger partial charge >= 0.3 is 0 Å². The van der Waals surface area contributed by atoms with E-state index in [2.05, 4.69) is 29.7 Å². The molecule has 104 valence electrons. The van der Waals surface area contributed by atoms with Crippen LogP contribution in [0.2, 0.25) is 0 Å². The molecular formula is C16H22ClNO. The van der Waals surface area contributed by atoms with Gasteiger partial charge in [0, 0.05) is 24.1 Å². The lowest BCUT2D eigenvalue weighted by Crippen LogP contribution is -2.35. The van der Waals surface area contributed by atoms with Crippen LogP contribution in [0, 0.1) is 0 Å². The second-order valence-electron chi connectivity index (χ2n) is 5.32. The first-order chi connectivity index (χ1) is 8.85. The van der Waals surface area contributed by atoms with Crippen LogP contribution in [0.4, 0.5) is 0 Å². The van der Waals surface area contributed by atoms with Crippen molar-refractivity contribution in [2.24, 2.45) is 0 Å². The van der Waals surface area contributed by atoms with E-state index in [1.165, 1.54) is 36.9 Å². The van der Waals surface area contributed by atoms with Crippen LogP contribution in [0.3, 0.4) is 0 Å². The number of hydrogen-bond acceptors (Lipinski definition) is 2. The van der Waals surface area contributed by atoms with Crippen LogP contribution < -0.4 is 4.74 Å². The minimum absolute atomic E-state index is 0. The molecule has 1 heterocycles. The van der Waals surface area contributed by atoms with Crippen molar-refractivity contribution in [1.29, 1.82) is 0 Å². The lowest BCUT2D eigenvalue weighted by molar-refractivity contribution is 0.247. The molecule has 1 fully saturated rings. The van der Waals surface area contributed by atoms with Crippen LogP contribution in [0.5, 0.6) is 5.75 Å². The number of benzene rings is 1. The van der Waals surface area contributed by atoms with Gasteiger partial charge in [0.2, 0.25) is 0 Å². The number of likely N-dealkylation sites (tertiary alicyclic amines) is 1. The van der Waals surface area contributed by atoms with E-state index in [4.69, 9.17) is 4.74 Å². The molecule has 2 nitrogen and oxygen atoms in total. The Bertz CT molecular complexity index is 446. The topological polar surface area (TPSA) is 12.5 Å². The maximum atomic E-state index is 5.58. The van der Waals surface area contributed by atoms with E-state index in [1.807, 2.05) is 6.08 Å². The molecule has 0 aromatic heterocycles. The quantitative estimate of drug-likeness (QED) is 0.786. The van der Waals surface area contributed by atoms with E-state index < -0.39 is 0 Å². The van der Waals surface area contributed by atoms with E-state index in [0.29, 0.717) is 12.0 Å². The zero-order valence-electron chi connectivity index (χ0n) is 11.5. The van der Waals surface area contributed by atoms with E-state index in [-0.39, 0.29) is 12.4 Å². The first kappa shape index (κ1) is 14.4. The van der Waals surface area contributed by atoms with Crippen molar-refractivity contribution in [3.05, 3.63) is 42.0 Å². The van der Waals surface area contributed by atoms with Gasteiger partial charge in [-0.25, -0.2) is 0 Å². The van der Waals surface area contributed by atoms with Crippen LogP contribution in [0.1, 0.15) is 29.9 Å². The van der Waals surface area contributed by atoms with Crippen LogP contribution >= 0.6 is 12.4 Å². The summed E-state index contributed by atoms with van der Waals surface area (Å²) in [5, 5.41) is 0. The molecule has 1 saturated heterocycles. The summed E-state index contributed by atoms with van der Waals surface area (Å²) in [5.74, 6) is 1.74. The molecule has 1 aliphatic heterocycles. The summed E-state index contributed by atoms with van der Waals surface area (Å²) in [6.07, 6.45) is 5.74. The summed E-state index contributed by atoms with van der Waals surface area (Å²) < 4.78 is 5.58. The Balaban J connectivity index is 0.00000133. The molecule has 1 aromatic carbocycles. The number of halogens is 1. The van der Waals surface area contributed by atoms with Crippen LogP contribution in [-0.2, 0) is 6.42 Å². The summed E-state index contributed by atoms with van der Waals surface area (Å²) in [6.45, 7) is 6.09. The number of aryl methyl sites for hydroxylation is 1. The van der Waals surface area contributed by atoms with Gasteiger partial charge in [-0.1, -0.05) is 18.2 Å². The summed E-state index contributed by atoms with van der Waals surface area (Å²) in [5.41, 5.74) is 2.97. The largest absolute Gasteiger partial charge is 0.496 e. The fraction of sp³-hybridized carbons (Fsp3) is 0.500. The van der Waals surface area contributed by atoms with Crippen molar-refractivity contribution in [3.63, 3.8) is 0 Å². The Kier molecular flexibility index (Phi) is 4.54. The molecule has 0 bridgehead atoms. The molecule has 3 rings (SSSR count). The maximum absolute atomic E-state index is 5.58. The first-order valence-electron chi connectivity index (χ1n) is 6.86. The molecule has 2 unspecified atom stereocenters. The third-order valence-electron chi connectivity index (χ3n) is 4.48. The van der Waals surface area contributed by atoms with Crippen molar-refractivity contribution in [2.45, 2.75) is 31.2 Å². The van der Waals surface area contributed by atoms with Gasteiger partial charge in [0.1, 0.15) is 5.75 Å². The van der Waals surface area contributed by atoms with Gasteiger partial charge < -0.3 is 4.74 Å². The van der Waals surface area contributed by atoms with Crippen LogP contribution in [0.25, 0.3) is 0 Å². The molecule has 0 saturated carbocycles. The third kappa shape index (κ3) is 2.39. The van der Waals surface area contributed by atoms with Crippen molar-refractivity contribution in [1.82, 2.24) is 4.90 Å². The first-order valence-corrected chi connectivity index (χ1v) is 6.86. The lowest BCUT2D eigenvalue weighted by Gasteiger charge is -2.33. The molecule has 0 radical (unpaired) electrons. The van der Waals surface area contributed by atoms with E-state index >= 15 is 0 Å². The van der Waals surface area contributed by atoms with Gasteiger partial charge in [-0.2, -0.15) is 0 Å². The van der Waals surface area contributed by atoms with Crippen LogP contribution in [-0.4, -0.2) is 31.1 Å². The van der Waals surface area contributed by atoms with Crippen molar-refractivity contribution >= 4 is 12.4 Å². The maximum Gasteiger partial charge on any atom is 0.122 e. The normalized spacial score (nSPS) is 25.1. The van der Waals surface area contributed by atoms with Gasteiger partial charge in [0.25, 0.3) is 0 Å². The molecule has 0 amide bonds. The van der Waals surface area contributed by atoms with Gasteiger partial charge in [0.05, 0.1) is 7.11 Å². The zero-order valence-corrected chi connectivity index (χ0v) is 12.3. The Morgan fingerprint density at radius 3 is 3.00 bits per heavy atom. The molecule has 0 N–H and O–H groups in total. The highest BCUT2D eigenvalue weighted by atomic mass is 35.5. The summed E-state index contributed by atoms with van der Waals surface area (Å²) in [4.78, 5) is 2.58. The van der Waals surface area contributed by atoms with Crippen molar-refractivity contribution < 1.29 is 4.74 Å². The number of hydrogen-bond donors (Lipinski definition) is 0. The summed E-state index contributed by atoms with van der Waals surface area (Å²) >= 11 is 0. The van der Waals surface area contributed by atoms with E-state index in [1.54, 1.807) is 7.11 Å². The molecule has 19 heavy (non-hydrogen) atoms. The second kappa shape index (κ2) is 5.98. The van der Waals surface area contributed by atoms with E-state index in [9.17, 15) is 0 Å². The van der Waals surface area contributed by atoms with E-state index in [0.717, 1.165) is 12.3 Å². The van der Waals surface area contributed by atoms with Crippen molar-refractivity contribution in [3.8, 4) is 5.75 Å². The zero-order chi connectivity index (χ0) is 12.5. The number of ether oxygens (including phenoxy) is 1. The van der Waals surface area contributed by atoms with Crippen LogP contribution in [0.15, 0.2) is 30.9 Å². The Labute approximate surface area is 121 Å². The highest BCUT2D eigenvalue weighted by Crippen LogP contribution is 2.45. The Morgan fingerprint density at radius 1 is 1.42 bits per heavy atom. The van der Waals surface area contributed by atoms with Gasteiger partial charge in [-0.05, 0) is 37.4 Å². The minimum Gasteiger partial charge on any atom is -0.496 e. The monoisotopic (exact) mass is 279 g/mol. The number of rotatable bonds is 3. The third-order valence-corrected chi connectivity index (χ3v) is 4.48. The molecule has 2 atom stereocenters. The molecular weight excluding hydrogens is 258 g/mol. The fourth-order valence-electron chi connectivity index (χ4n) is 3.74. The average molecular weight is 280 g/mol. The predicted octanol–water partition coefficient (Wildman–Crippen LogP) is 3.41. The lowest BCUT2D eigenvalue weighted by atomic mass is 9.79. The Morgan fingerprint density at radius 2 is 2.26 bits per heavy atom. The molecule has 2 aliphatic rings. The van der Waals surface area contributed by atoms with Gasteiger partial charge in [-0.3, -0.25) is 4.90 Å². The Hall–Kier alpha value is -0.990. The highest BCUT2D eigenvalue weighted by molar-refractivity contribution is 5.85.